The van der Waals surface area contributed by atoms with Gasteiger partial charge in [0.05, 0.1) is 5.02 Å². The van der Waals surface area contributed by atoms with Crippen LogP contribution in [0.5, 0.6) is 5.75 Å². The molecule has 2 heterocycles. The van der Waals surface area contributed by atoms with Gasteiger partial charge in [0.2, 0.25) is 0 Å². The Kier molecular flexibility index (Phi) is 4.81. The number of hydrogen-bond acceptors (Lipinski definition) is 4. The highest BCUT2D eigenvalue weighted by Gasteiger charge is 2.23. The van der Waals surface area contributed by atoms with E-state index in [0.717, 1.165) is 36.8 Å². The molecule has 1 aromatic heterocycles. The molecular formula is C18H20ClNO4. The van der Waals surface area contributed by atoms with E-state index in [2.05, 4.69) is 6.92 Å². The molecule has 6 heteroatoms. The number of nitrogens with zero attached hydrogens (tertiary/aromatic N) is 1. The molecule has 1 aromatic carbocycles. The van der Waals surface area contributed by atoms with Crippen molar-refractivity contribution in [2.45, 2.75) is 39.2 Å². The van der Waals surface area contributed by atoms with Crippen LogP contribution >= 0.6 is 11.6 Å². The molecule has 0 aliphatic carbocycles. The zero-order valence-corrected chi connectivity index (χ0v) is 14.6. The number of amides is 1. The standard InChI is InChI=1S/C18H20ClNO4/c1-11-7-18(22)24-15-9-16(14(19)8-13(11)15)23-10-17(21)20-6-4-3-5-12(20)2/h7-9,12H,3-6,10H2,1-2H3/t12-/m0/s1. The van der Waals surface area contributed by atoms with Crippen LogP contribution in [0.25, 0.3) is 11.0 Å². The van der Waals surface area contributed by atoms with Gasteiger partial charge < -0.3 is 14.1 Å². The molecular weight excluding hydrogens is 330 g/mol. The maximum Gasteiger partial charge on any atom is 0.336 e. The van der Waals surface area contributed by atoms with Crippen molar-refractivity contribution in [3.8, 4) is 5.75 Å². The smallest absolute Gasteiger partial charge is 0.336 e. The van der Waals surface area contributed by atoms with Crippen LogP contribution in [0.2, 0.25) is 5.02 Å². The molecule has 24 heavy (non-hydrogen) atoms. The molecule has 1 amide bonds. The molecule has 0 N–H and O–H groups in total. The number of rotatable bonds is 3. The normalized spacial score (nSPS) is 18.0. The van der Waals surface area contributed by atoms with E-state index >= 15 is 0 Å². The SMILES string of the molecule is Cc1cc(=O)oc2cc(OCC(=O)N3CCCC[C@@H]3C)c(Cl)cc12. The summed E-state index contributed by atoms with van der Waals surface area (Å²) in [5.41, 5.74) is 0.762. The molecule has 128 valence electrons. The van der Waals surface area contributed by atoms with E-state index < -0.39 is 5.63 Å². The fourth-order valence-electron chi connectivity index (χ4n) is 3.12. The fraction of sp³-hybridized carbons (Fsp3) is 0.444. The highest BCUT2D eigenvalue weighted by molar-refractivity contribution is 6.32. The van der Waals surface area contributed by atoms with Crippen molar-refractivity contribution in [1.82, 2.24) is 4.90 Å². The number of piperidine rings is 1. The van der Waals surface area contributed by atoms with E-state index in [1.165, 1.54) is 6.07 Å². The summed E-state index contributed by atoms with van der Waals surface area (Å²) in [6.45, 7) is 4.56. The van der Waals surface area contributed by atoms with Crippen molar-refractivity contribution < 1.29 is 13.9 Å². The predicted octanol–water partition coefficient (Wildman–Crippen LogP) is 3.53. The second-order valence-corrected chi connectivity index (χ2v) is 6.66. The van der Waals surface area contributed by atoms with Gasteiger partial charge in [-0.25, -0.2) is 4.79 Å². The molecule has 0 unspecified atom stereocenters. The number of halogens is 1. The van der Waals surface area contributed by atoms with Gasteiger partial charge in [0.15, 0.2) is 6.61 Å². The van der Waals surface area contributed by atoms with Gasteiger partial charge in [0.25, 0.3) is 5.91 Å². The Morgan fingerprint density at radius 3 is 2.92 bits per heavy atom. The van der Waals surface area contributed by atoms with E-state index in [1.54, 1.807) is 12.1 Å². The van der Waals surface area contributed by atoms with Crippen molar-refractivity contribution in [3.05, 3.63) is 39.2 Å². The first-order valence-corrected chi connectivity index (χ1v) is 8.50. The molecule has 0 radical (unpaired) electrons. The third-order valence-electron chi connectivity index (χ3n) is 4.48. The van der Waals surface area contributed by atoms with E-state index in [4.69, 9.17) is 20.8 Å². The lowest BCUT2D eigenvalue weighted by Crippen LogP contribution is -2.44. The van der Waals surface area contributed by atoms with Crippen molar-refractivity contribution in [3.63, 3.8) is 0 Å². The van der Waals surface area contributed by atoms with Gasteiger partial charge in [-0.05, 0) is 44.7 Å². The van der Waals surface area contributed by atoms with Crippen LogP contribution in [0, 0.1) is 6.92 Å². The molecule has 0 saturated carbocycles. The Hall–Kier alpha value is -2.01. The number of ether oxygens (including phenoxy) is 1. The molecule has 1 fully saturated rings. The average molecular weight is 350 g/mol. The molecule has 1 aliphatic rings. The Morgan fingerprint density at radius 2 is 2.17 bits per heavy atom. The predicted molar refractivity (Wildman–Crippen MR) is 92.8 cm³/mol. The van der Waals surface area contributed by atoms with Gasteiger partial charge in [-0.2, -0.15) is 0 Å². The molecule has 1 aliphatic heterocycles. The zero-order valence-electron chi connectivity index (χ0n) is 13.8. The molecule has 1 saturated heterocycles. The number of carbonyl (C=O) groups excluding carboxylic acids is 1. The molecule has 3 rings (SSSR count). The molecule has 5 nitrogen and oxygen atoms in total. The monoisotopic (exact) mass is 349 g/mol. The van der Waals surface area contributed by atoms with Crippen molar-refractivity contribution in [1.29, 1.82) is 0 Å². The molecule has 0 bridgehead atoms. The highest BCUT2D eigenvalue weighted by atomic mass is 35.5. The van der Waals surface area contributed by atoms with E-state index in [-0.39, 0.29) is 18.6 Å². The average Bonchev–Trinajstić information content (AvgIpc) is 2.54. The van der Waals surface area contributed by atoms with Crippen LogP contribution in [0.3, 0.4) is 0 Å². The van der Waals surface area contributed by atoms with Crippen LogP contribution < -0.4 is 10.4 Å². The summed E-state index contributed by atoms with van der Waals surface area (Å²) >= 11 is 6.24. The molecule has 0 spiro atoms. The van der Waals surface area contributed by atoms with Crippen LogP contribution in [-0.2, 0) is 4.79 Å². The largest absolute Gasteiger partial charge is 0.482 e. The Bertz CT molecular complexity index is 830. The quantitative estimate of drug-likeness (QED) is 0.795. The summed E-state index contributed by atoms with van der Waals surface area (Å²) in [6.07, 6.45) is 3.20. The van der Waals surface area contributed by atoms with Gasteiger partial charge in [-0.15, -0.1) is 0 Å². The first-order chi connectivity index (χ1) is 11.5. The Morgan fingerprint density at radius 1 is 1.38 bits per heavy atom. The maximum absolute atomic E-state index is 12.3. The van der Waals surface area contributed by atoms with Gasteiger partial charge in [0, 0.05) is 30.1 Å². The highest BCUT2D eigenvalue weighted by Crippen LogP contribution is 2.31. The Labute approximate surface area is 145 Å². The van der Waals surface area contributed by atoms with Crippen molar-refractivity contribution >= 4 is 28.5 Å². The summed E-state index contributed by atoms with van der Waals surface area (Å²) in [5.74, 6) is 0.292. The fourth-order valence-corrected chi connectivity index (χ4v) is 3.34. The summed E-state index contributed by atoms with van der Waals surface area (Å²) in [7, 11) is 0. The minimum absolute atomic E-state index is 0.0518. The summed E-state index contributed by atoms with van der Waals surface area (Å²) in [5, 5.41) is 1.14. The van der Waals surface area contributed by atoms with Gasteiger partial charge in [-0.3, -0.25) is 4.79 Å². The lowest BCUT2D eigenvalue weighted by Gasteiger charge is -2.33. The first-order valence-electron chi connectivity index (χ1n) is 8.12. The van der Waals surface area contributed by atoms with Crippen molar-refractivity contribution in [2.24, 2.45) is 0 Å². The van der Waals surface area contributed by atoms with Gasteiger partial charge in [0.1, 0.15) is 11.3 Å². The van der Waals surface area contributed by atoms with E-state index in [9.17, 15) is 9.59 Å². The van der Waals surface area contributed by atoms with Crippen LogP contribution in [0.15, 0.2) is 27.4 Å². The number of carbonyl (C=O) groups is 1. The van der Waals surface area contributed by atoms with E-state index in [1.807, 2.05) is 11.8 Å². The second kappa shape index (κ2) is 6.85. The maximum atomic E-state index is 12.3. The minimum Gasteiger partial charge on any atom is -0.482 e. The first kappa shape index (κ1) is 16.8. The summed E-state index contributed by atoms with van der Waals surface area (Å²) in [4.78, 5) is 25.7. The van der Waals surface area contributed by atoms with E-state index in [0.29, 0.717) is 16.4 Å². The van der Waals surface area contributed by atoms with Gasteiger partial charge in [-0.1, -0.05) is 11.6 Å². The van der Waals surface area contributed by atoms with Crippen LogP contribution in [-0.4, -0.2) is 30.0 Å². The third kappa shape index (κ3) is 3.41. The van der Waals surface area contributed by atoms with Gasteiger partial charge >= 0.3 is 5.63 Å². The lowest BCUT2D eigenvalue weighted by atomic mass is 10.0. The lowest BCUT2D eigenvalue weighted by molar-refractivity contribution is -0.136. The second-order valence-electron chi connectivity index (χ2n) is 6.25. The van der Waals surface area contributed by atoms with Crippen molar-refractivity contribution in [2.75, 3.05) is 13.2 Å². The third-order valence-corrected chi connectivity index (χ3v) is 4.77. The number of fused-ring (bicyclic) bond motifs is 1. The van der Waals surface area contributed by atoms with Crippen LogP contribution in [0.1, 0.15) is 31.7 Å². The number of likely N-dealkylation sites (tertiary alicyclic amines) is 1. The number of aryl methyl sites for hydroxylation is 1. The summed E-state index contributed by atoms with van der Waals surface area (Å²) < 4.78 is 10.8. The number of benzene rings is 1. The molecule has 2 aromatic rings. The van der Waals surface area contributed by atoms with Crippen LogP contribution in [0.4, 0.5) is 0 Å². The topological polar surface area (TPSA) is 59.8 Å². The zero-order chi connectivity index (χ0) is 17.3. The minimum atomic E-state index is -0.425. The summed E-state index contributed by atoms with van der Waals surface area (Å²) in [6, 6.07) is 4.92. The molecule has 1 atom stereocenters. The number of hydrogen-bond donors (Lipinski definition) is 0. The Balaban J connectivity index is 1.78.